The molecule has 0 spiro atoms. The van der Waals surface area contributed by atoms with Crippen molar-refractivity contribution in [1.29, 1.82) is 0 Å². The fourth-order valence-corrected chi connectivity index (χ4v) is 2.66. The minimum atomic E-state index is -1.16. The van der Waals surface area contributed by atoms with E-state index in [4.69, 9.17) is 11.6 Å². The molecule has 1 rings (SSSR count). The average molecular weight is 227 g/mol. The Kier molecular flexibility index (Phi) is 3.12. The standard InChI is InChI=1S/C12H19ClSi/c1-12(2,13)10-6-8-11(9-7-10)14(3,4)5/h6-9H,1-5H3. The highest BCUT2D eigenvalue weighted by atomic mass is 35.5. The summed E-state index contributed by atoms with van der Waals surface area (Å²) in [4.78, 5) is -0.252. The van der Waals surface area contributed by atoms with Crippen molar-refractivity contribution in [2.75, 3.05) is 0 Å². The zero-order valence-corrected chi connectivity index (χ0v) is 11.4. The molecule has 0 unspecified atom stereocenters. The van der Waals surface area contributed by atoms with Crippen LogP contribution in [0.15, 0.2) is 24.3 Å². The van der Waals surface area contributed by atoms with Gasteiger partial charge in [-0.05, 0) is 19.4 Å². The number of benzene rings is 1. The quantitative estimate of drug-likeness (QED) is 0.533. The van der Waals surface area contributed by atoms with Gasteiger partial charge in [0.05, 0.1) is 12.9 Å². The zero-order chi connectivity index (χ0) is 11.0. The SMILES string of the molecule is CC(C)(Cl)c1ccc([Si](C)(C)C)cc1. The second kappa shape index (κ2) is 3.71. The van der Waals surface area contributed by atoms with Crippen molar-refractivity contribution in [3.05, 3.63) is 29.8 Å². The highest BCUT2D eigenvalue weighted by molar-refractivity contribution is 6.88. The molecule has 0 amide bonds. The molecule has 0 aliphatic rings. The van der Waals surface area contributed by atoms with Crippen LogP contribution in [0.3, 0.4) is 0 Å². The van der Waals surface area contributed by atoms with Gasteiger partial charge in [0.2, 0.25) is 0 Å². The van der Waals surface area contributed by atoms with E-state index in [1.54, 1.807) is 0 Å². The highest BCUT2D eigenvalue weighted by Gasteiger charge is 2.19. The van der Waals surface area contributed by atoms with Crippen LogP contribution in [-0.2, 0) is 4.87 Å². The summed E-state index contributed by atoms with van der Waals surface area (Å²) in [7, 11) is -1.16. The summed E-state index contributed by atoms with van der Waals surface area (Å²) >= 11 is 6.24. The average Bonchev–Trinajstić information content (AvgIpc) is 2.01. The van der Waals surface area contributed by atoms with Gasteiger partial charge < -0.3 is 0 Å². The third-order valence-electron chi connectivity index (χ3n) is 2.44. The Morgan fingerprint density at radius 3 is 1.71 bits per heavy atom. The Morgan fingerprint density at radius 1 is 1.00 bits per heavy atom. The van der Waals surface area contributed by atoms with Gasteiger partial charge in [-0.1, -0.05) is 49.1 Å². The number of hydrogen-bond donors (Lipinski definition) is 0. The van der Waals surface area contributed by atoms with E-state index in [1.165, 1.54) is 10.8 Å². The van der Waals surface area contributed by atoms with Crippen molar-refractivity contribution in [1.82, 2.24) is 0 Å². The lowest BCUT2D eigenvalue weighted by Gasteiger charge is -2.20. The third-order valence-corrected chi connectivity index (χ3v) is 4.72. The van der Waals surface area contributed by atoms with Crippen LogP contribution in [0.1, 0.15) is 19.4 Å². The first-order valence-electron chi connectivity index (χ1n) is 5.01. The van der Waals surface area contributed by atoms with Gasteiger partial charge in [-0.25, -0.2) is 0 Å². The molecule has 0 fully saturated rings. The Labute approximate surface area is 93.3 Å². The number of halogens is 1. The predicted octanol–water partition coefficient (Wildman–Crippen LogP) is 3.71. The maximum atomic E-state index is 6.24. The van der Waals surface area contributed by atoms with Crippen LogP contribution < -0.4 is 5.19 Å². The number of alkyl halides is 1. The predicted molar refractivity (Wildman–Crippen MR) is 68.3 cm³/mol. The molecule has 0 atom stereocenters. The van der Waals surface area contributed by atoms with E-state index in [9.17, 15) is 0 Å². The Hall–Kier alpha value is -0.273. The molecule has 0 aliphatic carbocycles. The molecule has 0 heterocycles. The Bertz CT molecular complexity index is 268. The van der Waals surface area contributed by atoms with Crippen LogP contribution in [0.4, 0.5) is 0 Å². The molecule has 0 nitrogen and oxygen atoms in total. The number of hydrogen-bond acceptors (Lipinski definition) is 0. The molecule has 0 bridgehead atoms. The summed E-state index contributed by atoms with van der Waals surface area (Å²) < 4.78 is 0. The van der Waals surface area contributed by atoms with Crippen LogP contribution in [0, 0.1) is 0 Å². The summed E-state index contributed by atoms with van der Waals surface area (Å²) in [5.74, 6) is 0. The Morgan fingerprint density at radius 2 is 1.43 bits per heavy atom. The summed E-state index contributed by atoms with van der Waals surface area (Å²) in [6.45, 7) is 11.1. The van der Waals surface area contributed by atoms with Crippen molar-refractivity contribution in [3.8, 4) is 0 Å². The normalized spacial score (nSPS) is 13.0. The van der Waals surface area contributed by atoms with E-state index in [-0.39, 0.29) is 4.87 Å². The van der Waals surface area contributed by atoms with E-state index in [0.29, 0.717) is 0 Å². The van der Waals surface area contributed by atoms with Gasteiger partial charge in [-0.3, -0.25) is 0 Å². The summed E-state index contributed by atoms with van der Waals surface area (Å²) in [5.41, 5.74) is 1.20. The molecule has 2 heteroatoms. The zero-order valence-electron chi connectivity index (χ0n) is 9.69. The van der Waals surface area contributed by atoms with Crippen molar-refractivity contribution in [3.63, 3.8) is 0 Å². The molecule has 0 N–H and O–H groups in total. The van der Waals surface area contributed by atoms with Gasteiger partial charge in [0.1, 0.15) is 0 Å². The van der Waals surface area contributed by atoms with Gasteiger partial charge in [-0.2, -0.15) is 0 Å². The van der Waals surface area contributed by atoms with Crippen molar-refractivity contribution in [2.24, 2.45) is 0 Å². The Balaban J connectivity index is 3.02. The minimum absolute atomic E-state index is 0.252. The molecule has 14 heavy (non-hydrogen) atoms. The molecular weight excluding hydrogens is 208 g/mol. The highest BCUT2D eigenvalue weighted by Crippen LogP contribution is 2.26. The van der Waals surface area contributed by atoms with Crippen LogP contribution in [0.5, 0.6) is 0 Å². The van der Waals surface area contributed by atoms with Crippen molar-refractivity contribution >= 4 is 24.9 Å². The molecule has 0 saturated heterocycles. The molecule has 0 aliphatic heterocycles. The lowest BCUT2D eigenvalue weighted by atomic mass is 10.0. The first kappa shape index (κ1) is 11.8. The summed E-state index contributed by atoms with van der Waals surface area (Å²) in [6.07, 6.45) is 0. The third kappa shape index (κ3) is 2.86. The molecule has 0 aromatic heterocycles. The summed E-state index contributed by atoms with van der Waals surface area (Å²) in [6, 6.07) is 8.76. The van der Waals surface area contributed by atoms with Crippen LogP contribution in [0.25, 0.3) is 0 Å². The molecular formula is C12H19ClSi. The molecule has 78 valence electrons. The van der Waals surface area contributed by atoms with Crippen molar-refractivity contribution in [2.45, 2.75) is 38.4 Å². The van der Waals surface area contributed by atoms with Crippen LogP contribution >= 0.6 is 11.6 Å². The lowest BCUT2D eigenvalue weighted by molar-refractivity contribution is 0.766. The van der Waals surface area contributed by atoms with Crippen molar-refractivity contribution < 1.29 is 0 Å². The van der Waals surface area contributed by atoms with E-state index < -0.39 is 8.07 Å². The molecule has 0 saturated carbocycles. The van der Waals surface area contributed by atoms with Crippen LogP contribution in [0.2, 0.25) is 19.6 Å². The second-order valence-electron chi connectivity index (χ2n) is 5.30. The maximum absolute atomic E-state index is 6.24. The van der Waals surface area contributed by atoms with E-state index in [0.717, 1.165) is 0 Å². The van der Waals surface area contributed by atoms with Gasteiger partial charge in [0.25, 0.3) is 0 Å². The fraction of sp³-hybridized carbons (Fsp3) is 0.500. The van der Waals surface area contributed by atoms with E-state index in [2.05, 4.69) is 43.9 Å². The molecule has 1 aromatic rings. The maximum Gasteiger partial charge on any atom is 0.0775 e. The fourth-order valence-electron chi connectivity index (χ4n) is 1.37. The second-order valence-corrected chi connectivity index (χ2v) is 11.3. The van der Waals surface area contributed by atoms with Gasteiger partial charge >= 0.3 is 0 Å². The molecule has 1 aromatic carbocycles. The minimum Gasteiger partial charge on any atom is -0.115 e. The first-order valence-corrected chi connectivity index (χ1v) is 8.89. The van der Waals surface area contributed by atoms with Gasteiger partial charge in [-0.15, -0.1) is 11.6 Å². The topological polar surface area (TPSA) is 0 Å². The monoisotopic (exact) mass is 226 g/mol. The molecule has 0 radical (unpaired) electrons. The summed E-state index contributed by atoms with van der Waals surface area (Å²) in [5, 5.41) is 1.49. The van der Waals surface area contributed by atoms with Crippen LogP contribution in [-0.4, -0.2) is 8.07 Å². The first-order chi connectivity index (χ1) is 6.21. The number of rotatable bonds is 2. The van der Waals surface area contributed by atoms with Gasteiger partial charge in [0, 0.05) is 0 Å². The van der Waals surface area contributed by atoms with Gasteiger partial charge in [0.15, 0.2) is 0 Å². The smallest absolute Gasteiger partial charge is 0.0775 e. The largest absolute Gasteiger partial charge is 0.115 e. The lowest BCUT2D eigenvalue weighted by Crippen LogP contribution is -2.37. The van der Waals surface area contributed by atoms with E-state index >= 15 is 0 Å². The van der Waals surface area contributed by atoms with E-state index in [1.807, 2.05) is 13.8 Å².